The minimum atomic E-state index is -0.171. The van der Waals surface area contributed by atoms with E-state index in [4.69, 9.17) is 0 Å². The van der Waals surface area contributed by atoms with Crippen molar-refractivity contribution < 1.29 is 9.90 Å². The first kappa shape index (κ1) is 24.4. The number of amides is 2. The van der Waals surface area contributed by atoms with Gasteiger partial charge >= 0.3 is 6.03 Å². The van der Waals surface area contributed by atoms with E-state index >= 15 is 0 Å². The van der Waals surface area contributed by atoms with E-state index in [-0.39, 0.29) is 23.6 Å². The van der Waals surface area contributed by atoms with Gasteiger partial charge in [0.2, 0.25) is 0 Å². The van der Waals surface area contributed by atoms with E-state index in [9.17, 15) is 9.90 Å². The monoisotopic (exact) mass is 444 g/mol. The summed E-state index contributed by atoms with van der Waals surface area (Å²) in [5, 5.41) is 12.9. The summed E-state index contributed by atoms with van der Waals surface area (Å²) in [5.41, 5.74) is 6.18. The van der Waals surface area contributed by atoms with Crippen LogP contribution < -0.4 is 10.2 Å². The first-order valence-corrected chi connectivity index (χ1v) is 11.8. The number of para-hydroxylation sites is 1. The normalized spacial score (nSPS) is 11.3. The molecule has 0 saturated carbocycles. The molecule has 0 aliphatic carbocycles. The summed E-state index contributed by atoms with van der Waals surface area (Å²) >= 11 is 0. The lowest BCUT2D eigenvalue weighted by atomic mass is 9.92. The smallest absolute Gasteiger partial charge is 0.326 e. The highest BCUT2D eigenvalue weighted by molar-refractivity contribution is 6.02. The molecule has 2 amide bonds. The number of carbonyl (C=O) groups is 1. The molecule has 0 radical (unpaired) electrons. The van der Waals surface area contributed by atoms with Crippen molar-refractivity contribution in [1.29, 1.82) is 0 Å². The van der Waals surface area contributed by atoms with E-state index in [2.05, 4.69) is 77.2 Å². The van der Waals surface area contributed by atoms with Crippen molar-refractivity contribution in [2.75, 3.05) is 10.2 Å². The number of rotatable bonds is 7. The standard InChI is InChI=1S/C29H36N2O2/c1-19(2)23-12-14-24(15-13-23)31(18-22-10-16-25(32)17-11-22)29(33)30-28-26(20(3)4)8-7-9-27(28)21(5)6/h7-17,19-21,32H,18H2,1-6H3,(H,30,33). The second-order valence-corrected chi connectivity index (χ2v) is 9.55. The number of urea groups is 1. The molecule has 0 aliphatic heterocycles. The molecule has 33 heavy (non-hydrogen) atoms. The van der Waals surface area contributed by atoms with Gasteiger partial charge in [-0.1, -0.05) is 84.0 Å². The molecule has 3 aromatic carbocycles. The molecule has 4 heteroatoms. The second-order valence-electron chi connectivity index (χ2n) is 9.55. The fourth-order valence-electron chi connectivity index (χ4n) is 3.97. The average Bonchev–Trinajstić information content (AvgIpc) is 2.78. The van der Waals surface area contributed by atoms with Crippen LogP contribution in [0.2, 0.25) is 0 Å². The molecule has 3 aromatic rings. The van der Waals surface area contributed by atoms with Crippen LogP contribution >= 0.6 is 0 Å². The summed E-state index contributed by atoms with van der Waals surface area (Å²) in [6, 6.07) is 21.3. The van der Waals surface area contributed by atoms with Crippen molar-refractivity contribution >= 4 is 17.4 Å². The molecule has 0 spiro atoms. The summed E-state index contributed by atoms with van der Waals surface area (Å²) in [5.74, 6) is 1.21. The Kier molecular flexibility index (Phi) is 7.80. The number of anilines is 2. The summed E-state index contributed by atoms with van der Waals surface area (Å²) in [6.07, 6.45) is 0. The molecule has 3 rings (SSSR count). The molecular formula is C29H36N2O2. The number of nitrogens with zero attached hydrogens (tertiary/aromatic N) is 1. The Hall–Kier alpha value is -3.27. The van der Waals surface area contributed by atoms with Crippen molar-refractivity contribution in [3.63, 3.8) is 0 Å². The van der Waals surface area contributed by atoms with E-state index in [0.29, 0.717) is 12.5 Å². The van der Waals surface area contributed by atoms with Crippen LogP contribution in [0.4, 0.5) is 16.2 Å². The van der Waals surface area contributed by atoms with E-state index in [1.54, 1.807) is 17.0 Å². The zero-order valence-electron chi connectivity index (χ0n) is 20.6. The number of phenols is 1. The third-order valence-electron chi connectivity index (χ3n) is 6.00. The molecule has 0 bridgehead atoms. The van der Waals surface area contributed by atoms with E-state index < -0.39 is 0 Å². The van der Waals surface area contributed by atoms with Gasteiger partial charge in [-0.3, -0.25) is 4.90 Å². The predicted molar refractivity (Wildman–Crippen MR) is 138 cm³/mol. The highest BCUT2D eigenvalue weighted by Gasteiger charge is 2.21. The van der Waals surface area contributed by atoms with Crippen LogP contribution in [0.3, 0.4) is 0 Å². The van der Waals surface area contributed by atoms with E-state index in [0.717, 1.165) is 28.1 Å². The van der Waals surface area contributed by atoms with Gasteiger partial charge in [0.25, 0.3) is 0 Å². The maximum atomic E-state index is 13.7. The molecule has 0 heterocycles. The van der Waals surface area contributed by atoms with Crippen LogP contribution in [-0.4, -0.2) is 11.1 Å². The Bertz CT molecular complexity index is 1040. The largest absolute Gasteiger partial charge is 0.508 e. The zero-order chi connectivity index (χ0) is 24.1. The molecule has 0 fully saturated rings. The summed E-state index contributed by atoms with van der Waals surface area (Å²) < 4.78 is 0. The fourth-order valence-corrected chi connectivity index (χ4v) is 3.97. The van der Waals surface area contributed by atoms with Crippen LogP contribution in [0.5, 0.6) is 5.75 Å². The Labute approximate surface area is 198 Å². The Morgan fingerprint density at radius 3 is 1.82 bits per heavy atom. The van der Waals surface area contributed by atoms with Gasteiger partial charge < -0.3 is 10.4 Å². The van der Waals surface area contributed by atoms with Gasteiger partial charge in [0, 0.05) is 11.4 Å². The van der Waals surface area contributed by atoms with Gasteiger partial charge in [-0.05, 0) is 64.3 Å². The molecule has 174 valence electrons. The van der Waals surface area contributed by atoms with Gasteiger partial charge in [-0.2, -0.15) is 0 Å². The van der Waals surface area contributed by atoms with Gasteiger partial charge in [0.05, 0.1) is 6.54 Å². The molecule has 0 aliphatic rings. The number of aromatic hydroxyl groups is 1. The lowest BCUT2D eigenvalue weighted by Crippen LogP contribution is -2.35. The van der Waals surface area contributed by atoms with Gasteiger partial charge in [-0.25, -0.2) is 4.79 Å². The van der Waals surface area contributed by atoms with Crippen LogP contribution in [0.1, 0.15) is 81.5 Å². The second kappa shape index (κ2) is 10.6. The molecule has 2 N–H and O–H groups in total. The number of benzene rings is 3. The number of phenolic OH excluding ortho intramolecular Hbond substituents is 1. The average molecular weight is 445 g/mol. The number of carbonyl (C=O) groups excluding carboxylic acids is 1. The minimum Gasteiger partial charge on any atom is -0.508 e. The van der Waals surface area contributed by atoms with Gasteiger partial charge in [0.1, 0.15) is 5.75 Å². The maximum Gasteiger partial charge on any atom is 0.326 e. The van der Waals surface area contributed by atoms with Crippen LogP contribution in [-0.2, 0) is 6.54 Å². The van der Waals surface area contributed by atoms with Crippen LogP contribution in [0.25, 0.3) is 0 Å². The Morgan fingerprint density at radius 2 is 1.33 bits per heavy atom. The van der Waals surface area contributed by atoms with Crippen LogP contribution in [0, 0.1) is 0 Å². The lowest BCUT2D eigenvalue weighted by Gasteiger charge is -2.27. The summed E-state index contributed by atoms with van der Waals surface area (Å²) in [7, 11) is 0. The summed E-state index contributed by atoms with van der Waals surface area (Å²) in [6.45, 7) is 13.3. The summed E-state index contributed by atoms with van der Waals surface area (Å²) in [4.78, 5) is 15.5. The Morgan fingerprint density at radius 1 is 0.788 bits per heavy atom. The lowest BCUT2D eigenvalue weighted by molar-refractivity contribution is 0.256. The van der Waals surface area contributed by atoms with E-state index in [1.807, 2.05) is 24.3 Å². The van der Waals surface area contributed by atoms with Crippen molar-refractivity contribution in [3.8, 4) is 5.75 Å². The van der Waals surface area contributed by atoms with Crippen molar-refractivity contribution in [2.24, 2.45) is 0 Å². The van der Waals surface area contributed by atoms with Gasteiger partial charge in [0.15, 0.2) is 0 Å². The minimum absolute atomic E-state index is 0.171. The van der Waals surface area contributed by atoms with Crippen molar-refractivity contribution in [2.45, 2.75) is 65.8 Å². The fraction of sp³-hybridized carbons (Fsp3) is 0.345. The molecule has 0 aromatic heterocycles. The molecule has 0 saturated heterocycles. The van der Waals surface area contributed by atoms with E-state index in [1.165, 1.54) is 5.56 Å². The highest BCUT2D eigenvalue weighted by Crippen LogP contribution is 2.33. The van der Waals surface area contributed by atoms with Crippen molar-refractivity contribution in [1.82, 2.24) is 0 Å². The third kappa shape index (κ3) is 5.95. The number of nitrogens with one attached hydrogen (secondary N) is 1. The topological polar surface area (TPSA) is 52.6 Å². The predicted octanol–water partition coefficient (Wildman–Crippen LogP) is 8.00. The van der Waals surface area contributed by atoms with Crippen molar-refractivity contribution in [3.05, 3.63) is 89.0 Å². The van der Waals surface area contributed by atoms with Gasteiger partial charge in [-0.15, -0.1) is 0 Å². The third-order valence-corrected chi connectivity index (χ3v) is 6.00. The first-order chi connectivity index (χ1) is 15.7. The zero-order valence-corrected chi connectivity index (χ0v) is 20.6. The SMILES string of the molecule is CC(C)c1ccc(N(Cc2ccc(O)cc2)C(=O)Nc2c(C(C)C)cccc2C(C)C)cc1. The maximum absolute atomic E-state index is 13.7. The molecule has 4 nitrogen and oxygen atoms in total. The Balaban J connectivity index is 2.00. The molecule has 0 unspecified atom stereocenters. The van der Waals surface area contributed by atoms with Crippen LogP contribution in [0.15, 0.2) is 66.7 Å². The highest BCUT2D eigenvalue weighted by atomic mass is 16.3. The molecular weight excluding hydrogens is 408 g/mol. The first-order valence-electron chi connectivity index (χ1n) is 11.8. The molecule has 0 atom stereocenters. The number of hydrogen-bond acceptors (Lipinski definition) is 2. The quantitative estimate of drug-likeness (QED) is 0.388. The number of hydrogen-bond donors (Lipinski definition) is 2.